The molecule has 2 nitrogen and oxygen atoms in total. The Hall–Kier alpha value is -2.13. The molecule has 3 heteroatoms. The first kappa shape index (κ1) is 15.8. The van der Waals surface area contributed by atoms with Crippen LogP contribution < -0.4 is 4.74 Å². The summed E-state index contributed by atoms with van der Waals surface area (Å²) < 4.78 is 19.0. The molecular formula is C20H22FNO. The third kappa shape index (κ3) is 4.42. The summed E-state index contributed by atoms with van der Waals surface area (Å²) in [7, 11) is 0. The van der Waals surface area contributed by atoms with Crippen LogP contribution in [0.15, 0.2) is 60.2 Å². The molecule has 1 heterocycles. The van der Waals surface area contributed by atoms with Crippen LogP contribution >= 0.6 is 0 Å². The molecule has 1 aliphatic heterocycles. The van der Waals surface area contributed by atoms with Gasteiger partial charge < -0.3 is 4.74 Å². The standard InChI is InChI=1S/C20H22FNO/c1-16-12-19(21)9-10-20(16)23-15-18-8-5-11-22(14-18)13-17-6-3-2-4-7-17/h2-4,6-10,12H,5,11,13-15H2,1H3. The lowest BCUT2D eigenvalue weighted by Gasteiger charge is -2.27. The molecule has 0 atom stereocenters. The zero-order valence-corrected chi connectivity index (χ0v) is 13.5. The van der Waals surface area contributed by atoms with E-state index in [4.69, 9.17) is 4.74 Å². The molecular weight excluding hydrogens is 289 g/mol. The lowest BCUT2D eigenvalue weighted by atomic mass is 10.1. The molecule has 0 unspecified atom stereocenters. The summed E-state index contributed by atoms with van der Waals surface area (Å²) in [5, 5.41) is 0. The quantitative estimate of drug-likeness (QED) is 0.761. The molecule has 120 valence electrons. The van der Waals surface area contributed by atoms with Gasteiger partial charge in [-0.15, -0.1) is 0 Å². The normalized spacial score (nSPS) is 15.3. The molecule has 0 N–H and O–H groups in total. The van der Waals surface area contributed by atoms with E-state index < -0.39 is 0 Å². The van der Waals surface area contributed by atoms with Crippen LogP contribution in [0.5, 0.6) is 5.75 Å². The van der Waals surface area contributed by atoms with E-state index in [0.717, 1.165) is 37.4 Å². The molecule has 0 aromatic heterocycles. The lowest BCUT2D eigenvalue weighted by Crippen LogP contribution is -2.31. The van der Waals surface area contributed by atoms with Gasteiger partial charge in [0.05, 0.1) is 0 Å². The SMILES string of the molecule is Cc1cc(F)ccc1OCC1=CCCN(Cc2ccccc2)C1. The molecule has 0 spiro atoms. The summed E-state index contributed by atoms with van der Waals surface area (Å²) >= 11 is 0. The van der Waals surface area contributed by atoms with Crippen molar-refractivity contribution in [2.75, 3.05) is 19.7 Å². The molecule has 0 aliphatic carbocycles. The summed E-state index contributed by atoms with van der Waals surface area (Å²) in [6, 6.07) is 15.2. The monoisotopic (exact) mass is 311 g/mol. The van der Waals surface area contributed by atoms with Crippen LogP contribution in [-0.4, -0.2) is 24.6 Å². The molecule has 0 amide bonds. The number of nitrogens with zero attached hydrogens (tertiary/aromatic N) is 1. The third-order valence-corrected chi connectivity index (χ3v) is 4.10. The van der Waals surface area contributed by atoms with E-state index in [2.05, 4.69) is 35.2 Å². The van der Waals surface area contributed by atoms with Crippen molar-refractivity contribution >= 4 is 0 Å². The van der Waals surface area contributed by atoms with Gasteiger partial charge in [-0.25, -0.2) is 4.39 Å². The fraction of sp³-hybridized carbons (Fsp3) is 0.300. The van der Waals surface area contributed by atoms with Gasteiger partial charge in [0.15, 0.2) is 0 Å². The van der Waals surface area contributed by atoms with Crippen LogP contribution in [0, 0.1) is 12.7 Å². The Bertz CT molecular complexity index is 681. The van der Waals surface area contributed by atoms with Crippen molar-refractivity contribution in [2.45, 2.75) is 19.9 Å². The van der Waals surface area contributed by atoms with Gasteiger partial charge in [-0.3, -0.25) is 4.90 Å². The minimum Gasteiger partial charge on any atom is -0.489 e. The van der Waals surface area contributed by atoms with Gasteiger partial charge >= 0.3 is 0 Å². The summed E-state index contributed by atoms with van der Waals surface area (Å²) in [4.78, 5) is 2.44. The zero-order chi connectivity index (χ0) is 16.1. The maximum Gasteiger partial charge on any atom is 0.123 e. The Labute approximate surface area is 137 Å². The van der Waals surface area contributed by atoms with Crippen molar-refractivity contribution in [1.29, 1.82) is 0 Å². The second kappa shape index (κ2) is 7.42. The average Bonchev–Trinajstić information content (AvgIpc) is 2.55. The van der Waals surface area contributed by atoms with E-state index in [1.54, 1.807) is 6.07 Å². The zero-order valence-electron chi connectivity index (χ0n) is 13.5. The van der Waals surface area contributed by atoms with Crippen LogP contribution in [0.4, 0.5) is 4.39 Å². The number of benzene rings is 2. The first-order valence-corrected chi connectivity index (χ1v) is 8.04. The van der Waals surface area contributed by atoms with Gasteiger partial charge in [0, 0.05) is 19.6 Å². The van der Waals surface area contributed by atoms with Crippen molar-refractivity contribution < 1.29 is 9.13 Å². The first-order chi connectivity index (χ1) is 11.2. The Kier molecular flexibility index (Phi) is 5.09. The predicted molar refractivity (Wildman–Crippen MR) is 91.1 cm³/mol. The van der Waals surface area contributed by atoms with E-state index in [9.17, 15) is 4.39 Å². The van der Waals surface area contributed by atoms with Crippen molar-refractivity contribution in [3.05, 3.63) is 77.1 Å². The topological polar surface area (TPSA) is 12.5 Å². The number of hydrogen-bond donors (Lipinski definition) is 0. The second-order valence-corrected chi connectivity index (χ2v) is 6.05. The van der Waals surface area contributed by atoms with Gasteiger partial charge in [0.25, 0.3) is 0 Å². The number of ether oxygens (including phenoxy) is 1. The third-order valence-electron chi connectivity index (χ3n) is 4.10. The van der Waals surface area contributed by atoms with Crippen molar-refractivity contribution in [1.82, 2.24) is 4.90 Å². The molecule has 0 saturated carbocycles. The Morgan fingerprint density at radius 3 is 2.74 bits per heavy atom. The Balaban J connectivity index is 1.55. The lowest BCUT2D eigenvalue weighted by molar-refractivity contribution is 0.258. The van der Waals surface area contributed by atoms with Crippen LogP contribution in [0.25, 0.3) is 0 Å². The number of aryl methyl sites for hydroxylation is 1. The summed E-state index contributed by atoms with van der Waals surface area (Å²) in [5.41, 5.74) is 3.46. The van der Waals surface area contributed by atoms with E-state index >= 15 is 0 Å². The van der Waals surface area contributed by atoms with Crippen molar-refractivity contribution in [3.8, 4) is 5.75 Å². The Morgan fingerprint density at radius 1 is 1.13 bits per heavy atom. The van der Waals surface area contributed by atoms with E-state index in [0.29, 0.717) is 6.61 Å². The molecule has 0 bridgehead atoms. The number of rotatable bonds is 5. The Morgan fingerprint density at radius 2 is 1.96 bits per heavy atom. The van der Waals surface area contributed by atoms with Crippen LogP contribution in [0.3, 0.4) is 0 Å². The fourth-order valence-electron chi connectivity index (χ4n) is 2.91. The maximum absolute atomic E-state index is 13.1. The molecule has 23 heavy (non-hydrogen) atoms. The number of halogens is 1. The minimum absolute atomic E-state index is 0.222. The van der Waals surface area contributed by atoms with Gasteiger partial charge in [-0.2, -0.15) is 0 Å². The highest BCUT2D eigenvalue weighted by molar-refractivity contribution is 5.33. The molecule has 0 fully saturated rings. The smallest absolute Gasteiger partial charge is 0.123 e. The summed E-state index contributed by atoms with van der Waals surface area (Å²) in [6.07, 6.45) is 3.31. The maximum atomic E-state index is 13.1. The van der Waals surface area contributed by atoms with E-state index in [1.807, 2.05) is 13.0 Å². The fourth-order valence-corrected chi connectivity index (χ4v) is 2.91. The summed E-state index contributed by atoms with van der Waals surface area (Å²) in [6.45, 7) is 5.41. The first-order valence-electron chi connectivity index (χ1n) is 8.04. The van der Waals surface area contributed by atoms with Crippen molar-refractivity contribution in [2.24, 2.45) is 0 Å². The highest BCUT2D eigenvalue weighted by Crippen LogP contribution is 2.20. The molecule has 0 saturated heterocycles. The molecule has 3 rings (SSSR count). The minimum atomic E-state index is -0.222. The van der Waals surface area contributed by atoms with E-state index in [-0.39, 0.29) is 5.82 Å². The second-order valence-electron chi connectivity index (χ2n) is 6.05. The molecule has 1 aliphatic rings. The predicted octanol–water partition coefficient (Wildman–Crippen LogP) is 4.35. The molecule has 2 aromatic rings. The van der Waals surface area contributed by atoms with Crippen LogP contribution in [0.2, 0.25) is 0 Å². The van der Waals surface area contributed by atoms with Gasteiger partial charge in [-0.05, 0) is 48.2 Å². The van der Waals surface area contributed by atoms with Crippen molar-refractivity contribution in [3.63, 3.8) is 0 Å². The highest BCUT2D eigenvalue weighted by atomic mass is 19.1. The summed E-state index contributed by atoms with van der Waals surface area (Å²) in [5.74, 6) is 0.535. The number of hydrogen-bond acceptors (Lipinski definition) is 2. The van der Waals surface area contributed by atoms with Gasteiger partial charge in [-0.1, -0.05) is 36.4 Å². The van der Waals surface area contributed by atoms with Crippen LogP contribution in [0.1, 0.15) is 17.5 Å². The van der Waals surface area contributed by atoms with Crippen LogP contribution in [-0.2, 0) is 6.54 Å². The largest absolute Gasteiger partial charge is 0.489 e. The molecule has 0 radical (unpaired) electrons. The van der Waals surface area contributed by atoms with Gasteiger partial charge in [0.1, 0.15) is 18.2 Å². The highest BCUT2D eigenvalue weighted by Gasteiger charge is 2.13. The average molecular weight is 311 g/mol. The molecule has 2 aromatic carbocycles. The van der Waals surface area contributed by atoms with E-state index in [1.165, 1.54) is 23.3 Å². The van der Waals surface area contributed by atoms with Gasteiger partial charge in [0.2, 0.25) is 0 Å².